The van der Waals surface area contributed by atoms with E-state index in [1.807, 2.05) is 0 Å². The monoisotopic (exact) mass is 290 g/mol. The third-order valence-corrected chi connectivity index (χ3v) is 2.77. The van der Waals surface area contributed by atoms with Crippen molar-refractivity contribution in [3.8, 4) is 0 Å². The van der Waals surface area contributed by atoms with Gasteiger partial charge in [0, 0.05) is 12.6 Å². The van der Waals surface area contributed by atoms with Crippen LogP contribution < -0.4 is 10.5 Å². The van der Waals surface area contributed by atoms with Crippen LogP contribution in [0.3, 0.4) is 0 Å². The van der Waals surface area contributed by atoms with Crippen molar-refractivity contribution in [2.75, 3.05) is 17.6 Å². The maximum absolute atomic E-state index is 10.9. The van der Waals surface area contributed by atoms with Gasteiger partial charge in [0.15, 0.2) is 0 Å². The fourth-order valence-electron chi connectivity index (χ4n) is 1.17. The molecule has 1 heterocycles. The standard InChI is InChI=1S/C8H10N4O6S/c9-19(17,18)2-1-10-7-6(8(13)14)3-5(4-11-7)12(15)16/h3-4H,1-2H2,(H,10,11)(H,13,14)(H2,9,17,18). The van der Waals surface area contributed by atoms with Crippen LogP contribution in [0.2, 0.25) is 0 Å². The summed E-state index contributed by atoms with van der Waals surface area (Å²) in [7, 11) is -3.69. The predicted molar refractivity (Wildman–Crippen MR) is 64.3 cm³/mol. The first kappa shape index (κ1) is 14.8. The lowest BCUT2D eigenvalue weighted by atomic mass is 10.2. The van der Waals surface area contributed by atoms with E-state index in [0.717, 1.165) is 12.3 Å². The summed E-state index contributed by atoms with van der Waals surface area (Å²) in [6.07, 6.45) is 0.867. The SMILES string of the molecule is NS(=O)(=O)CCNc1ncc([N+](=O)[O-])cc1C(=O)O. The molecule has 0 spiro atoms. The number of aromatic carboxylic acids is 1. The zero-order valence-corrected chi connectivity index (χ0v) is 10.3. The van der Waals surface area contributed by atoms with Crippen molar-refractivity contribution in [3.05, 3.63) is 27.9 Å². The Hall–Kier alpha value is -2.27. The molecule has 0 atom stereocenters. The van der Waals surface area contributed by atoms with Crippen LogP contribution in [-0.2, 0) is 10.0 Å². The molecule has 0 aromatic carbocycles. The number of carbonyl (C=O) groups is 1. The number of hydrogen-bond donors (Lipinski definition) is 3. The third kappa shape index (κ3) is 4.48. The molecule has 104 valence electrons. The average molecular weight is 290 g/mol. The highest BCUT2D eigenvalue weighted by Crippen LogP contribution is 2.18. The van der Waals surface area contributed by atoms with Gasteiger partial charge in [-0.25, -0.2) is 23.3 Å². The first-order chi connectivity index (χ1) is 8.70. The van der Waals surface area contributed by atoms with Gasteiger partial charge >= 0.3 is 5.97 Å². The number of aromatic nitrogens is 1. The summed E-state index contributed by atoms with van der Waals surface area (Å²) in [6, 6.07) is 0.828. The lowest BCUT2D eigenvalue weighted by Crippen LogP contribution is -2.23. The van der Waals surface area contributed by atoms with Crippen molar-refractivity contribution < 1.29 is 23.2 Å². The molecule has 0 unspecified atom stereocenters. The van der Waals surface area contributed by atoms with Gasteiger partial charge in [0.05, 0.1) is 10.7 Å². The number of sulfonamides is 1. The van der Waals surface area contributed by atoms with Crippen molar-refractivity contribution in [1.29, 1.82) is 0 Å². The van der Waals surface area contributed by atoms with Crippen LogP contribution in [0.25, 0.3) is 0 Å². The van der Waals surface area contributed by atoms with Gasteiger partial charge in [0.2, 0.25) is 10.0 Å². The first-order valence-electron chi connectivity index (χ1n) is 4.83. The van der Waals surface area contributed by atoms with E-state index >= 15 is 0 Å². The minimum absolute atomic E-state index is 0.163. The average Bonchev–Trinajstić information content (AvgIpc) is 2.27. The van der Waals surface area contributed by atoms with Crippen molar-refractivity contribution in [2.45, 2.75) is 0 Å². The summed E-state index contributed by atoms with van der Waals surface area (Å²) in [5, 5.41) is 26.6. The fourth-order valence-corrected chi connectivity index (χ4v) is 1.56. The Morgan fingerprint density at radius 3 is 2.68 bits per heavy atom. The molecule has 19 heavy (non-hydrogen) atoms. The number of primary sulfonamides is 1. The summed E-state index contributed by atoms with van der Waals surface area (Å²) in [5.74, 6) is -2.01. The van der Waals surface area contributed by atoms with Gasteiger partial charge in [0.25, 0.3) is 5.69 Å². The molecule has 10 nitrogen and oxygen atoms in total. The molecule has 11 heteroatoms. The maximum Gasteiger partial charge on any atom is 0.339 e. The molecular formula is C8H10N4O6S. The summed E-state index contributed by atoms with van der Waals surface area (Å²) in [6.45, 7) is -0.163. The summed E-state index contributed by atoms with van der Waals surface area (Å²) < 4.78 is 21.4. The van der Waals surface area contributed by atoms with Crippen LogP contribution in [-0.4, -0.2) is 41.7 Å². The van der Waals surface area contributed by atoms with Crippen molar-refractivity contribution in [1.82, 2.24) is 4.98 Å². The molecule has 0 aliphatic carbocycles. The second-order valence-electron chi connectivity index (χ2n) is 3.45. The zero-order valence-electron chi connectivity index (χ0n) is 9.44. The number of nitro groups is 1. The molecule has 0 radical (unpaired) electrons. The molecule has 1 aromatic heterocycles. The van der Waals surface area contributed by atoms with Crippen LogP contribution in [0.5, 0.6) is 0 Å². The van der Waals surface area contributed by atoms with Gasteiger partial charge in [-0.1, -0.05) is 0 Å². The molecule has 1 rings (SSSR count). The fraction of sp³-hybridized carbons (Fsp3) is 0.250. The number of carboxylic acids is 1. The summed E-state index contributed by atoms with van der Waals surface area (Å²) >= 11 is 0. The van der Waals surface area contributed by atoms with Crippen LogP contribution in [0.4, 0.5) is 11.5 Å². The lowest BCUT2D eigenvalue weighted by molar-refractivity contribution is -0.385. The smallest absolute Gasteiger partial charge is 0.339 e. The van der Waals surface area contributed by atoms with E-state index in [0.29, 0.717) is 0 Å². The van der Waals surface area contributed by atoms with Gasteiger partial charge < -0.3 is 10.4 Å². The Labute approximate surface area is 107 Å². The van der Waals surface area contributed by atoms with Crippen LogP contribution >= 0.6 is 0 Å². The van der Waals surface area contributed by atoms with Crippen LogP contribution in [0.1, 0.15) is 10.4 Å². The van der Waals surface area contributed by atoms with Gasteiger partial charge in [-0.05, 0) is 0 Å². The molecule has 0 saturated heterocycles. The Morgan fingerprint density at radius 1 is 1.58 bits per heavy atom. The zero-order chi connectivity index (χ0) is 14.6. The highest BCUT2D eigenvalue weighted by molar-refractivity contribution is 7.89. The van der Waals surface area contributed by atoms with Crippen molar-refractivity contribution >= 4 is 27.5 Å². The van der Waals surface area contributed by atoms with Crippen molar-refractivity contribution in [3.63, 3.8) is 0 Å². The number of pyridine rings is 1. The molecule has 4 N–H and O–H groups in total. The number of anilines is 1. The minimum atomic E-state index is -3.69. The highest BCUT2D eigenvalue weighted by Gasteiger charge is 2.17. The van der Waals surface area contributed by atoms with E-state index in [-0.39, 0.29) is 12.4 Å². The Morgan fingerprint density at radius 2 is 2.21 bits per heavy atom. The molecule has 0 bridgehead atoms. The molecule has 0 saturated carbocycles. The van der Waals surface area contributed by atoms with Gasteiger partial charge in [0.1, 0.15) is 17.6 Å². The minimum Gasteiger partial charge on any atom is -0.478 e. The number of nitrogens with one attached hydrogen (secondary N) is 1. The Kier molecular flexibility index (Phi) is 4.34. The maximum atomic E-state index is 10.9. The summed E-state index contributed by atoms with van der Waals surface area (Å²) in [4.78, 5) is 24.2. The van der Waals surface area contributed by atoms with Gasteiger partial charge in [-0.2, -0.15) is 0 Å². The number of hydrogen-bond acceptors (Lipinski definition) is 7. The number of nitrogens with two attached hydrogens (primary N) is 1. The third-order valence-electron chi connectivity index (χ3n) is 1.99. The quantitative estimate of drug-likeness (QED) is 0.460. The topological polar surface area (TPSA) is 166 Å². The normalized spacial score (nSPS) is 11.0. The number of carboxylic acid groups (broad SMARTS) is 1. The Bertz CT molecular complexity index is 614. The highest BCUT2D eigenvalue weighted by atomic mass is 32.2. The molecule has 1 aromatic rings. The predicted octanol–water partition coefficient (Wildman–Crippen LogP) is -0.612. The Balaban J connectivity index is 2.94. The molecule has 0 fully saturated rings. The summed E-state index contributed by atoms with van der Waals surface area (Å²) in [5.41, 5.74) is -0.905. The van der Waals surface area contributed by atoms with E-state index in [9.17, 15) is 23.3 Å². The first-order valence-corrected chi connectivity index (χ1v) is 6.54. The second-order valence-corrected chi connectivity index (χ2v) is 5.18. The van der Waals surface area contributed by atoms with Crippen LogP contribution in [0.15, 0.2) is 12.3 Å². The number of rotatable bonds is 6. The molecule has 0 aliphatic heterocycles. The van der Waals surface area contributed by atoms with E-state index < -0.39 is 37.9 Å². The van der Waals surface area contributed by atoms with E-state index in [2.05, 4.69) is 10.3 Å². The van der Waals surface area contributed by atoms with E-state index in [1.165, 1.54) is 0 Å². The van der Waals surface area contributed by atoms with Crippen molar-refractivity contribution in [2.24, 2.45) is 5.14 Å². The lowest BCUT2D eigenvalue weighted by Gasteiger charge is -2.07. The second kappa shape index (κ2) is 5.58. The van der Waals surface area contributed by atoms with Gasteiger partial charge in [-0.3, -0.25) is 10.1 Å². The van der Waals surface area contributed by atoms with E-state index in [4.69, 9.17) is 10.2 Å². The van der Waals surface area contributed by atoms with Gasteiger partial charge in [-0.15, -0.1) is 0 Å². The molecule has 0 amide bonds. The van der Waals surface area contributed by atoms with E-state index in [1.54, 1.807) is 0 Å². The molecular weight excluding hydrogens is 280 g/mol. The number of nitrogens with zero attached hydrogens (tertiary/aromatic N) is 2. The van der Waals surface area contributed by atoms with Crippen LogP contribution in [0, 0.1) is 10.1 Å². The largest absolute Gasteiger partial charge is 0.478 e. The molecule has 0 aliphatic rings.